The molecule has 2 nitrogen and oxygen atoms in total. The molecule has 2 aromatic rings. The summed E-state index contributed by atoms with van der Waals surface area (Å²) in [4.78, 5) is 0.363. The Bertz CT molecular complexity index is 627. The lowest BCUT2D eigenvalue weighted by Gasteiger charge is -2.15. The first kappa shape index (κ1) is 17.6. The fourth-order valence-corrected chi connectivity index (χ4v) is 6.30. The quantitative estimate of drug-likeness (QED) is 0.470. The van der Waals surface area contributed by atoms with Gasteiger partial charge < -0.3 is 4.52 Å². The van der Waals surface area contributed by atoms with Crippen molar-refractivity contribution >= 4 is 74.9 Å². The van der Waals surface area contributed by atoms with Gasteiger partial charge >= 0.3 is 5.92 Å². The third-order valence-electron chi connectivity index (χ3n) is 2.24. The highest BCUT2D eigenvalue weighted by Gasteiger charge is 2.28. The van der Waals surface area contributed by atoms with E-state index in [2.05, 4.69) is 0 Å². The molecular formula is C12H6Cl5O2PS. The second kappa shape index (κ2) is 7.23. The standard InChI is InChI=1S/C12H6Cl5O2PS/c13-7-3-1-4-8(14)11(7)19-20(17,18)21-12-9(15)5-2-6-10(12)16/h1-6H. The number of benzene rings is 2. The van der Waals surface area contributed by atoms with Crippen molar-refractivity contribution in [2.24, 2.45) is 0 Å². The van der Waals surface area contributed by atoms with Crippen molar-refractivity contribution < 1.29 is 9.09 Å². The van der Waals surface area contributed by atoms with Gasteiger partial charge in [0.15, 0.2) is 5.75 Å². The summed E-state index contributed by atoms with van der Waals surface area (Å²) < 4.78 is 17.7. The Balaban J connectivity index is 2.29. The summed E-state index contributed by atoms with van der Waals surface area (Å²) in [5.41, 5.74) is 0. The zero-order chi connectivity index (χ0) is 15.6. The molecule has 0 aromatic heterocycles. The van der Waals surface area contributed by atoms with Crippen LogP contribution >= 0.6 is 74.9 Å². The summed E-state index contributed by atoms with van der Waals surface area (Å²) in [6, 6.07) is 9.61. The minimum atomic E-state index is -3.69. The van der Waals surface area contributed by atoms with Crippen molar-refractivity contribution in [1.29, 1.82) is 0 Å². The Labute approximate surface area is 150 Å². The van der Waals surface area contributed by atoms with Gasteiger partial charge in [0.1, 0.15) is 0 Å². The molecule has 0 saturated heterocycles. The number of hydrogen-bond donors (Lipinski definition) is 0. The molecule has 0 aliphatic rings. The highest BCUT2D eigenvalue weighted by Crippen LogP contribution is 2.68. The molecule has 0 aliphatic carbocycles. The zero-order valence-electron chi connectivity index (χ0n) is 10.0. The first-order chi connectivity index (χ1) is 9.80. The zero-order valence-corrected chi connectivity index (χ0v) is 15.5. The molecule has 0 fully saturated rings. The van der Waals surface area contributed by atoms with E-state index in [1.807, 2.05) is 0 Å². The van der Waals surface area contributed by atoms with Crippen LogP contribution in [-0.2, 0) is 4.57 Å². The molecule has 9 heteroatoms. The normalized spacial score (nSPS) is 13.8. The van der Waals surface area contributed by atoms with Gasteiger partial charge in [0.05, 0.1) is 25.0 Å². The van der Waals surface area contributed by atoms with Crippen molar-refractivity contribution in [1.82, 2.24) is 0 Å². The molecule has 1 atom stereocenters. The van der Waals surface area contributed by atoms with Crippen LogP contribution in [0.5, 0.6) is 5.75 Å². The summed E-state index contributed by atoms with van der Waals surface area (Å²) >= 11 is 30.6. The molecule has 2 rings (SSSR count). The lowest BCUT2D eigenvalue weighted by Crippen LogP contribution is -1.87. The van der Waals surface area contributed by atoms with Gasteiger partial charge in [0, 0.05) is 0 Å². The van der Waals surface area contributed by atoms with E-state index in [1.165, 1.54) is 0 Å². The Kier molecular flexibility index (Phi) is 6.07. The Morgan fingerprint density at radius 1 is 0.857 bits per heavy atom. The molecule has 2 aromatic carbocycles. The number of hydrogen-bond acceptors (Lipinski definition) is 3. The van der Waals surface area contributed by atoms with Crippen LogP contribution in [0.4, 0.5) is 0 Å². The molecule has 0 saturated carbocycles. The average Bonchev–Trinajstić information content (AvgIpc) is 2.39. The number of para-hydroxylation sites is 1. The maximum atomic E-state index is 12.4. The smallest absolute Gasteiger partial charge is 0.398 e. The highest BCUT2D eigenvalue weighted by molar-refractivity contribution is 8.64. The fraction of sp³-hybridized carbons (Fsp3) is 0. The van der Waals surface area contributed by atoms with Gasteiger partial charge in [-0.15, -0.1) is 0 Å². The highest BCUT2D eigenvalue weighted by atomic mass is 35.7. The van der Waals surface area contributed by atoms with Crippen LogP contribution in [0, 0.1) is 0 Å². The molecule has 112 valence electrons. The summed E-state index contributed by atoms with van der Waals surface area (Å²) in [6.45, 7) is 0. The van der Waals surface area contributed by atoms with Gasteiger partial charge in [0.25, 0.3) is 0 Å². The molecule has 21 heavy (non-hydrogen) atoms. The second-order valence-electron chi connectivity index (χ2n) is 3.71. The second-order valence-corrected chi connectivity index (χ2v) is 10.9. The van der Waals surface area contributed by atoms with E-state index in [0.29, 0.717) is 14.9 Å². The van der Waals surface area contributed by atoms with Crippen LogP contribution in [0.2, 0.25) is 20.1 Å². The first-order valence-electron chi connectivity index (χ1n) is 5.37. The Morgan fingerprint density at radius 3 is 1.76 bits per heavy atom. The molecule has 0 aliphatic heterocycles. The summed E-state index contributed by atoms with van der Waals surface area (Å²) in [7, 11) is 0. The SMILES string of the molecule is O=P(Cl)(Oc1c(Cl)cccc1Cl)Sc1c(Cl)cccc1Cl. The van der Waals surface area contributed by atoms with Crippen LogP contribution in [0.1, 0.15) is 0 Å². The summed E-state index contributed by atoms with van der Waals surface area (Å²) in [6.07, 6.45) is 0. The first-order valence-corrected chi connectivity index (χ1v) is 10.8. The van der Waals surface area contributed by atoms with Crippen molar-refractivity contribution in [3.05, 3.63) is 56.5 Å². The minimum Gasteiger partial charge on any atom is -0.422 e. The Morgan fingerprint density at radius 2 is 1.29 bits per heavy atom. The van der Waals surface area contributed by atoms with Crippen molar-refractivity contribution in [2.45, 2.75) is 4.90 Å². The third-order valence-corrected chi connectivity index (χ3v) is 7.18. The van der Waals surface area contributed by atoms with E-state index in [9.17, 15) is 4.57 Å². The van der Waals surface area contributed by atoms with Gasteiger partial charge in [-0.1, -0.05) is 58.5 Å². The fourth-order valence-electron chi connectivity index (χ4n) is 1.38. The third kappa shape index (κ3) is 4.62. The van der Waals surface area contributed by atoms with E-state index in [4.69, 9.17) is 62.2 Å². The Hall–Kier alpha value is 0.270. The monoisotopic (exact) mass is 420 g/mol. The van der Waals surface area contributed by atoms with Gasteiger partial charge in [-0.25, -0.2) is 4.57 Å². The predicted octanol–water partition coefficient (Wildman–Crippen LogP) is 7.82. The molecule has 0 spiro atoms. The van der Waals surface area contributed by atoms with E-state index >= 15 is 0 Å². The van der Waals surface area contributed by atoms with Crippen molar-refractivity contribution in [3.8, 4) is 5.75 Å². The topological polar surface area (TPSA) is 26.3 Å². The van der Waals surface area contributed by atoms with E-state index in [-0.39, 0.29) is 15.8 Å². The van der Waals surface area contributed by atoms with Crippen LogP contribution in [0.25, 0.3) is 0 Å². The summed E-state index contributed by atoms with van der Waals surface area (Å²) in [5, 5.41) is 1.05. The molecule has 0 heterocycles. The van der Waals surface area contributed by atoms with Crippen molar-refractivity contribution in [3.63, 3.8) is 0 Å². The van der Waals surface area contributed by atoms with Crippen LogP contribution in [0.3, 0.4) is 0 Å². The summed E-state index contributed by atoms with van der Waals surface area (Å²) in [5.74, 6) is -3.64. The van der Waals surface area contributed by atoms with Crippen LogP contribution < -0.4 is 4.52 Å². The molecular weight excluding hydrogens is 416 g/mol. The van der Waals surface area contributed by atoms with Crippen LogP contribution in [0.15, 0.2) is 41.3 Å². The molecule has 0 bridgehead atoms. The minimum absolute atomic E-state index is 0.0508. The predicted molar refractivity (Wildman–Crippen MR) is 92.9 cm³/mol. The average molecular weight is 422 g/mol. The molecule has 0 N–H and O–H groups in total. The van der Waals surface area contributed by atoms with Gasteiger partial charge in [0.2, 0.25) is 0 Å². The lowest BCUT2D eigenvalue weighted by molar-refractivity contribution is 0.514. The van der Waals surface area contributed by atoms with E-state index in [1.54, 1.807) is 36.4 Å². The molecule has 0 amide bonds. The van der Waals surface area contributed by atoms with Gasteiger partial charge in [-0.05, 0) is 46.9 Å². The molecule has 0 radical (unpaired) electrons. The van der Waals surface area contributed by atoms with E-state index in [0.717, 1.165) is 11.4 Å². The largest absolute Gasteiger partial charge is 0.422 e. The molecule has 1 unspecified atom stereocenters. The number of halogens is 5. The van der Waals surface area contributed by atoms with Gasteiger partial charge in [-0.3, -0.25) is 0 Å². The maximum Gasteiger partial charge on any atom is 0.398 e. The van der Waals surface area contributed by atoms with Crippen LogP contribution in [-0.4, -0.2) is 0 Å². The number of rotatable bonds is 4. The lowest BCUT2D eigenvalue weighted by atomic mass is 10.3. The van der Waals surface area contributed by atoms with Gasteiger partial charge in [-0.2, -0.15) is 0 Å². The maximum absolute atomic E-state index is 12.4. The van der Waals surface area contributed by atoms with E-state index < -0.39 is 5.92 Å². The van der Waals surface area contributed by atoms with Crippen molar-refractivity contribution in [2.75, 3.05) is 0 Å².